The van der Waals surface area contributed by atoms with Gasteiger partial charge in [0.1, 0.15) is 5.82 Å². The predicted molar refractivity (Wildman–Crippen MR) is 85.1 cm³/mol. The lowest BCUT2D eigenvalue weighted by atomic mass is 9.90. The summed E-state index contributed by atoms with van der Waals surface area (Å²) >= 11 is 0. The van der Waals surface area contributed by atoms with Crippen LogP contribution in [0.3, 0.4) is 0 Å². The van der Waals surface area contributed by atoms with Gasteiger partial charge < -0.3 is 16.4 Å². The van der Waals surface area contributed by atoms with E-state index in [0.717, 1.165) is 6.07 Å². The van der Waals surface area contributed by atoms with Gasteiger partial charge in [-0.2, -0.15) is 0 Å². The van der Waals surface area contributed by atoms with Crippen molar-refractivity contribution in [3.8, 4) is 0 Å². The second kappa shape index (κ2) is 7.35. The molecule has 0 spiro atoms. The van der Waals surface area contributed by atoms with Crippen molar-refractivity contribution < 1.29 is 14.0 Å². The van der Waals surface area contributed by atoms with E-state index < -0.39 is 17.3 Å². The van der Waals surface area contributed by atoms with E-state index >= 15 is 0 Å². The zero-order chi connectivity index (χ0) is 16.9. The van der Waals surface area contributed by atoms with Crippen LogP contribution in [0.4, 0.5) is 10.1 Å². The number of carbonyl (C=O) groups excluding carboxylic acids is 2. The lowest BCUT2D eigenvalue weighted by Gasteiger charge is -2.31. The number of benzene rings is 1. The van der Waals surface area contributed by atoms with Crippen LogP contribution in [0, 0.1) is 11.7 Å². The van der Waals surface area contributed by atoms with Gasteiger partial charge in [-0.15, -0.1) is 0 Å². The van der Waals surface area contributed by atoms with Gasteiger partial charge in [-0.05, 0) is 37.5 Å². The Bertz CT molecular complexity index is 560. The van der Waals surface area contributed by atoms with Crippen molar-refractivity contribution in [3.63, 3.8) is 0 Å². The molecule has 22 heavy (non-hydrogen) atoms. The van der Waals surface area contributed by atoms with E-state index in [1.54, 1.807) is 0 Å². The maximum atomic E-state index is 13.9. The van der Waals surface area contributed by atoms with Crippen LogP contribution >= 0.6 is 0 Å². The van der Waals surface area contributed by atoms with E-state index in [4.69, 9.17) is 5.73 Å². The Kier molecular flexibility index (Phi) is 6.05. The molecule has 1 atom stereocenters. The molecule has 0 radical (unpaired) electrons. The van der Waals surface area contributed by atoms with Crippen LogP contribution in [0.2, 0.25) is 0 Å². The lowest BCUT2D eigenvalue weighted by molar-refractivity contribution is -0.114. The summed E-state index contributed by atoms with van der Waals surface area (Å²) in [5.41, 5.74) is 5.40. The van der Waals surface area contributed by atoms with E-state index in [2.05, 4.69) is 10.6 Å². The van der Waals surface area contributed by atoms with Crippen molar-refractivity contribution in [2.75, 3.05) is 11.9 Å². The van der Waals surface area contributed by atoms with E-state index in [9.17, 15) is 14.0 Å². The Hall–Kier alpha value is -1.95. The molecule has 122 valence electrons. The second-order valence-corrected chi connectivity index (χ2v) is 6.19. The molecule has 5 nitrogen and oxygen atoms in total. The molecule has 0 aromatic heterocycles. The van der Waals surface area contributed by atoms with Crippen LogP contribution in [0.25, 0.3) is 0 Å². The standard InChI is InChI=1S/C16H24FN3O2/c1-10(2)8-16(4,9-18)20-15(22)13-7-12(19-11(3)21)5-6-14(13)17/h5-7,10H,8-9,18H2,1-4H3,(H,19,21)(H,20,22). The molecular formula is C16H24FN3O2. The quantitative estimate of drug-likeness (QED) is 0.753. The molecule has 0 bridgehead atoms. The van der Waals surface area contributed by atoms with Crippen molar-refractivity contribution in [3.05, 3.63) is 29.6 Å². The summed E-state index contributed by atoms with van der Waals surface area (Å²) in [6.07, 6.45) is 0.683. The van der Waals surface area contributed by atoms with Crippen LogP contribution in [0.5, 0.6) is 0 Å². The van der Waals surface area contributed by atoms with Gasteiger partial charge in [0.15, 0.2) is 0 Å². The highest BCUT2D eigenvalue weighted by Crippen LogP contribution is 2.19. The van der Waals surface area contributed by atoms with Crippen LogP contribution in [-0.4, -0.2) is 23.9 Å². The van der Waals surface area contributed by atoms with E-state index in [1.807, 2.05) is 20.8 Å². The number of carbonyl (C=O) groups is 2. The predicted octanol–water partition coefficient (Wildman–Crippen LogP) is 2.28. The van der Waals surface area contributed by atoms with Crippen LogP contribution < -0.4 is 16.4 Å². The summed E-state index contributed by atoms with van der Waals surface area (Å²) in [5.74, 6) is -1.14. The summed E-state index contributed by atoms with van der Waals surface area (Å²) in [6, 6.07) is 3.88. The molecule has 1 rings (SSSR count). The number of nitrogens with two attached hydrogens (primary N) is 1. The molecule has 0 saturated heterocycles. The maximum absolute atomic E-state index is 13.9. The Morgan fingerprint density at radius 1 is 1.36 bits per heavy atom. The second-order valence-electron chi connectivity index (χ2n) is 6.19. The molecule has 4 N–H and O–H groups in total. The average Bonchev–Trinajstić information content (AvgIpc) is 2.39. The number of hydrogen-bond donors (Lipinski definition) is 3. The van der Waals surface area contributed by atoms with Gasteiger partial charge in [0.05, 0.1) is 5.56 Å². The van der Waals surface area contributed by atoms with Gasteiger partial charge in [-0.25, -0.2) is 4.39 Å². The Morgan fingerprint density at radius 3 is 2.50 bits per heavy atom. The van der Waals surface area contributed by atoms with E-state index in [0.29, 0.717) is 18.0 Å². The SMILES string of the molecule is CC(=O)Nc1ccc(F)c(C(=O)NC(C)(CN)CC(C)C)c1. The number of halogens is 1. The molecule has 1 unspecified atom stereocenters. The fourth-order valence-electron chi connectivity index (χ4n) is 2.41. The fourth-order valence-corrected chi connectivity index (χ4v) is 2.41. The number of nitrogens with one attached hydrogen (secondary N) is 2. The third-order valence-corrected chi connectivity index (χ3v) is 3.26. The monoisotopic (exact) mass is 309 g/mol. The summed E-state index contributed by atoms with van der Waals surface area (Å²) in [6.45, 7) is 7.48. The molecule has 6 heteroatoms. The van der Waals surface area contributed by atoms with E-state index in [-0.39, 0.29) is 18.0 Å². The fraction of sp³-hybridized carbons (Fsp3) is 0.500. The third kappa shape index (κ3) is 5.11. The Labute approximate surface area is 130 Å². The van der Waals surface area contributed by atoms with Crippen molar-refractivity contribution in [2.24, 2.45) is 11.7 Å². The first-order valence-electron chi connectivity index (χ1n) is 7.26. The number of amides is 2. The summed E-state index contributed by atoms with van der Waals surface area (Å²) < 4.78 is 13.9. The number of hydrogen-bond acceptors (Lipinski definition) is 3. The molecule has 0 saturated carbocycles. The molecule has 1 aromatic carbocycles. The zero-order valence-corrected chi connectivity index (χ0v) is 13.5. The highest BCUT2D eigenvalue weighted by Gasteiger charge is 2.27. The smallest absolute Gasteiger partial charge is 0.254 e. The highest BCUT2D eigenvalue weighted by molar-refractivity contribution is 5.97. The summed E-state index contributed by atoms with van der Waals surface area (Å²) in [5, 5.41) is 5.32. The molecule has 0 aliphatic rings. The van der Waals surface area contributed by atoms with Gasteiger partial charge in [0.2, 0.25) is 5.91 Å². The normalized spacial score (nSPS) is 13.6. The minimum absolute atomic E-state index is 0.116. The molecule has 0 aliphatic heterocycles. The van der Waals surface area contributed by atoms with Gasteiger partial charge in [-0.3, -0.25) is 9.59 Å². The molecule has 0 aliphatic carbocycles. The Morgan fingerprint density at radius 2 is 2.00 bits per heavy atom. The van der Waals surface area contributed by atoms with Crippen molar-refractivity contribution >= 4 is 17.5 Å². The molecular weight excluding hydrogens is 285 g/mol. The Balaban J connectivity index is 2.99. The first-order valence-corrected chi connectivity index (χ1v) is 7.26. The van der Waals surface area contributed by atoms with Crippen molar-refractivity contribution in [1.29, 1.82) is 0 Å². The number of anilines is 1. The van der Waals surface area contributed by atoms with Crippen molar-refractivity contribution in [2.45, 2.75) is 39.7 Å². The highest BCUT2D eigenvalue weighted by atomic mass is 19.1. The van der Waals surface area contributed by atoms with Gasteiger partial charge in [0.25, 0.3) is 5.91 Å². The van der Waals surface area contributed by atoms with Gasteiger partial charge in [-0.1, -0.05) is 13.8 Å². The van der Waals surface area contributed by atoms with Crippen LogP contribution in [-0.2, 0) is 4.79 Å². The molecule has 1 aromatic rings. The molecule has 0 heterocycles. The minimum atomic E-state index is -0.643. The van der Waals surface area contributed by atoms with Gasteiger partial charge in [0, 0.05) is 24.7 Å². The summed E-state index contributed by atoms with van der Waals surface area (Å²) in [4.78, 5) is 23.4. The maximum Gasteiger partial charge on any atom is 0.254 e. The molecule has 2 amide bonds. The average molecular weight is 309 g/mol. The van der Waals surface area contributed by atoms with E-state index in [1.165, 1.54) is 19.1 Å². The lowest BCUT2D eigenvalue weighted by Crippen LogP contribution is -2.52. The van der Waals surface area contributed by atoms with Crippen molar-refractivity contribution in [1.82, 2.24) is 5.32 Å². The van der Waals surface area contributed by atoms with Crippen LogP contribution in [0.1, 0.15) is 44.5 Å². The third-order valence-electron chi connectivity index (χ3n) is 3.26. The minimum Gasteiger partial charge on any atom is -0.346 e. The first-order chi connectivity index (χ1) is 10.2. The molecule has 0 fully saturated rings. The number of rotatable bonds is 6. The topological polar surface area (TPSA) is 84.2 Å². The first kappa shape index (κ1) is 18.1. The zero-order valence-electron chi connectivity index (χ0n) is 13.5. The van der Waals surface area contributed by atoms with Gasteiger partial charge >= 0.3 is 0 Å². The largest absolute Gasteiger partial charge is 0.346 e. The van der Waals surface area contributed by atoms with Crippen LogP contribution in [0.15, 0.2) is 18.2 Å². The summed E-state index contributed by atoms with van der Waals surface area (Å²) in [7, 11) is 0.